The molecule has 1 saturated heterocycles. The second-order valence-electron chi connectivity index (χ2n) is 6.39. The zero-order chi connectivity index (χ0) is 18.1. The molecule has 1 aliphatic heterocycles. The number of aliphatic imine (C=N–C) groups is 1. The van der Waals surface area contributed by atoms with E-state index in [0.717, 1.165) is 62.4 Å². The molecule has 1 aromatic rings. The van der Waals surface area contributed by atoms with Crippen LogP contribution in [0.4, 0.5) is 0 Å². The number of nitrogens with one attached hydrogen (secondary N) is 1. The third-order valence-corrected chi connectivity index (χ3v) is 4.97. The molecule has 140 valence electrons. The molecule has 1 N–H and O–H groups in total. The number of unbranched alkanes of at least 4 members (excludes halogenated alkanes) is 1. The molecule has 0 radical (unpaired) electrons. The quantitative estimate of drug-likeness (QED) is 0.594. The smallest absolute Gasteiger partial charge is 0.193 e. The Balaban J connectivity index is 2.09. The standard InChI is InChI=1S/C19H31ClN4O/c1-4-5-10-23(3)19(21-2)22-15-18(24-11-13-25-14-12-24)16-8-6-7-9-17(16)20/h6-9,18H,4-5,10-15H2,1-3H3,(H,21,22). The fraction of sp³-hybridized carbons (Fsp3) is 0.632. The van der Waals surface area contributed by atoms with Gasteiger partial charge in [-0.05, 0) is 18.1 Å². The highest BCUT2D eigenvalue weighted by Gasteiger charge is 2.24. The molecule has 0 aliphatic carbocycles. The van der Waals surface area contributed by atoms with Gasteiger partial charge in [-0.3, -0.25) is 9.89 Å². The summed E-state index contributed by atoms with van der Waals surface area (Å²) in [4.78, 5) is 9.06. The molecule has 2 rings (SSSR count). The Morgan fingerprint density at radius 1 is 1.36 bits per heavy atom. The number of nitrogens with zero attached hydrogens (tertiary/aromatic N) is 3. The van der Waals surface area contributed by atoms with E-state index >= 15 is 0 Å². The predicted molar refractivity (Wildman–Crippen MR) is 105 cm³/mol. The van der Waals surface area contributed by atoms with E-state index in [-0.39, 0.29) is 6.04 Å². The Labute approximate surface area is 157 Å². The van der Waals surface area contributed by atoms with Crippen molar-refractivity contribution >= 4 is 17.6 Å². The normalized spacial score (nSPS) is 17.4. The molecule has 1 fully saturated rings. The van der Waals surface area contributed by atoms with Crippen LogP contribution in [0.2, 0.25) is 5.02 Å². The molecule has 0 spiro atoms. The van der Waals surface area contributed by atoms with Crippen LogP contribution < -0.4 is 5.32 Å². The van der Waals surface area contributed by atoms with Gasteiger partial charge < -0.3 is 15.0 Å². The number of hydrogen-bond donors (Lipinski definition) is 1. The van der Waals surface area contributed by atoms with Gasteiger partial charge in [0.1, 0.15) is 0 Å². The lowest BCUT2D eigenvalue weighted by molar-refractivity contribution is 0.0169. The van der Waals surface area contributed by atoms with Crippen LogP contribution in [0.25, 0.3) is 0 Å². The molecule has 0 bridgehead atoms. The Kier molecular flexibility index (Phi) is 8.52. The van der Waals surface area contributed by atoms with Crippen LogP contribution in [-0.4, -0.2) is 69.2 Å². The van der Waals surface area contributed by atoms with Crippen molar-refractivity contribution in [2.24, 2.45) is 4.99 Å². The Morgan fingerprint density at radius 3 is 2.72 bits per heavy atom. The van der Waals surface area contributed by atoms with Gasteiger partial charge in [-0.15, -0.1) is 0 Å². The maximum Gasteiger partial charge on any atom is 0.193 e. The maximum absolute atomic E-state index is 6.49. The monoisotopic (exact) mass is 366 g/mol. The molecule has 25 heavy (non-hydrogen) atoms. The minimum atomic E-state index is 0.203. The van der Waals surface area contributed by atoms with E-state index in [1.54, 1.807) is 0 Å². The summed E-state index contributed by atoms with van der Waals surface area (Å²) in [6.07, 6.45) is 2.34. The van der Waals surface area contributed by atoms with Crippen molar-refractivity contribution < 1.29 is 4.74 Å². The highest BCUT2D eigenvalue weighted by molar-refractivity contribution is 6.31. The molecule has 1 atom stereocenters. The second kappa shape index (κ2) is 10.6. The summed E-state index contributed by atoms with van der Waals surface area (Å²) >= 11 is 6.49. The van der Waals surface area contributed by atoms with Gasteiger partial charge in [0.25, 0.3) is 0 Å². The summed E-state index contributed by atoms with van der Waals surface area (Å²) in [6.45, 7) is 7.36. The van der Waals surface area contributed by atoms with Crippen LogP contribution in [0.15, 0.2) is 29.3 Å². The first kappa shape index (κ1) is 20.0. The lowest BCUT2D eigenvalue weighted by Crippen LogP contribution is -2.47. The number of benzene rings is 1. The zero-order valence-corrected chi connectivity index (χ0v) is 16.4. The molecule has 0 aromatic heterocycles. The van der Waals surface area contributed by atoms with E-state index in [0.29, 0.717) is 0 Å². The van der Waals surface area contributed by atoms with Crippen LogP contribution in [0.1, 0.15) is 31.4 Å². The SMILES string of the molecule is CCCCN(C)C(=NC)NCC(c1ccccc1Cl)N1CCOCC1. The molecule has 1 unspecified atom stereocenters. The van der Waals surface area contributed by atoms with Crippen molar-refractivity contribution in [2.45, 2.75) is 25.8 Å². The summed E-state index contributed by atoms with van der Waals surface area (Å²) in [5.74, 6) is 0.929. The molecule has 5 nitrogen and oxygen atoms in total. The Bertz CT molecular complexity index is 546. The van der Waals surface area contributed by atoms with Crippen LogP contribution >= 0.6 is 11.6 Å². The molecule has 0 amide bonds. The molecular formula is C19H31ClN4O. The summed E-state index contributed by atoms with van der Waals surface area (Å²) < 4.78 is 5.52. The average molecular weight is 367 g/mol. The van der Waals surface area contributed by atoms with Gasteiger partial charge in [0.2, 0.25) is 0 Å². The van der Waals surface area contributed by atoms with Gasteiger partial charge in [-0.1, -0.05) is 43.1 Å². The summed E-state index contributed by atoms with van der Waals surface area (Å²) in [5.41, 5.74) is 1.16. The van der Waals surface area contributed by atoms with E-state index in [9.17, 15) is 0 Å². The first-order chi connectivity index (χ1) is 12.2. The number of halogens is 1. The minimum absolute atomic E-state index is 0.203. The average Bonchev–Trinajstić information content (AvgIpc) is 2.65. The molecule has 1 aromatic carbocycles. The summed E-state index contributed by atoms with van der Waals surface area (Å²) in [6, 6.07) is 8.32. The van der Waals surface area contributed by atoms with Crippen LogP contribution in [-0.2, 0) is 4.74 Å². The molecule has 1 aliphatic rings. The molecule has 1 heterocycles. The minimum Gasteiger partial charge on any atom is -0.379 e. The van der Waals surface area contributed by atoms with Gasteiger partial charge in [-0.2, -0.15) is 0 Å². The second-order valence-corrected chi connectivity index (χ2v) is 6.80. The Hall–Kier alpha value is -1.30. The van der Waals surface area contributed by atoms with Crippen molar-refractivity contribution in [1.29, 1.82) is 0 Å². The van der Waals surface area contributed by atoms with Gasteiger partial charge in [0.15, 0.2) is 5.96 Å². The van der Waals surface area contributed by atoms with Crippen molar-refractivity contribution in [1.82, 2.24) is 15.1 Å². The molecular weight excluding hydrogens is 336 g/mol. The van der Waals surface area contributed by atoms with Crippen molar-refractivity contribution in [3.8, 4) is 0 Å². The van der Waals surface area contributed by atoms with Gasteiger partial charge in [-0.25, -0.2) is 0 Å². The largest absolute Gasteiger partial charge is 0.379 e. The topological polar surface area (TPSA) is 40.1 Å². The summed E-state index contributed by atoms with van der Waals surface area (Å²) in [7, 11) is 3.92. The lowest BCUT2D eigenvalue weighted by Gasteiger charge is -2.36. The first-order valence-corrected chi connectivity index (χ1v) is 9.53. The van der Waals surface area contributed by atoms with Crippen LogP contribution in [0, 0.1) is 0 Å². The van der Waals surface area contributed by atoms with Crippen LogP contribution in [0.3, 0.4) is 0 Å². The van der Waals surface area contributed by atoms with Crippen molar-refractivity contribution in [2.75, 3.05) is 53.5 Å². The highest BCUT2D eigenvalue weighted by Crippen LogP contribution is 2.27. The van der Waals surface area contributed by atoms with E-state index in [1.165, 1.54) is 6.42 Å². The summed E-state index contributed by atoms with van der Waals surface area (Å²) in [5, 5.41) is 4.35. The predicted octanol–water partition coefficient (Wildman–Crippen LogP) is 3.02. The third kappa shape index (κ3) is 5.87. The number of hydrogen-bond acceptors (Lipinski definition) is 3. The molecule has 0 saturated carbocycles. The first-order valence-electron chi connectivity index (χ1n) is 9.15. The maximum atomic E-state index is 6.49. The number of guanidine groups is 1. The molecule has 6 heteroatoms. The van der Waals surface area contributed by atoms with E-state index in [4.69, 9.17) is 16.3 Å². The van der Waals surface area contributed by atoms with Gasteiger partial charge >= 0.3 is 0 Å². The van der Waals surface area contributed by atoms with Crippen molar-refractivity contribution in [3.63, 3.8) is 0 Å². The Morgan fingerprint density at radius 2 is 2.08 bits per heavy atom. The van der Waals surface area contributed by atoms with Gasteiger partial charge in [0.05, 0.1) is 19.3 Å². The van der Waals surface area contributed by atoms with E-state index in [2.05, 4.69) is 46.2 Å². The number of ether oxygens (including phenoxy) is 1. The third-order valence-electron chi connectivity index (χ3n) is 4.62. The van der Waals surface area contributed by atoms with Crippen LogP contribution in [0.5, 0.6) is 0 Å². The van der Waals surface area contributed by atoms with E-state index < -0.39 is 0 Å². The lowest BCUT2D eigenvalue weighted by atomic mass is 10.0. The highest BCUT2D eigenvalue weighted by atomic mass is 35.5. The van der Waals surface area contributed by atoms with Crippen molar-refractivity contribution in [3.05, 3.63) is 34.9 Å². The van der Waals surface area contributed by atoms with Gasteiger partial charge in [0, 0.05) is 45.3 Å². The zero-order valence-electron chi connectivity index (χ0n) is 15.7. The van der Waals surface area contributed by atoms with E-state index in [1.807, 2.05) is 19.2 Å². The fourth-order valence-electron chi connectivity index (χ4n) is 3.14. The number of morpholine rings is 1. The number of rotatable bonds is 7. The fourth-order valence-corrected chi connectivity index (χ4v) is 3.41.